The first-order valence-corrected chi connectivity index (χ1v) is 6.83. The third-order valence-corrected chi connectivity index (χ3v) is 3.49. The number of benzene rings is 1. The zero-order valence-corrected chi connectivity index (χ0v) is 12.6. The van der Waals surface area contributed by atoms with Crippen molar-refractivity contribution in [3.05, 3.63) is 53.9 Å². The quantitative estimate of drug-likeness (QED) is 0.800. The highest BCUT2D eigenvalue weighted by Gasteiger charge is 2.10. The number of carbonyl (C=O) groups is 1. The van der Waals surface area contributed by atoms with Crippen molar-refractivity contribution in [2.45, 2.75) is 13.8 Å². The Hall–Kier alpha value is -2.96. The van der Waals surface area contributed by atoms with E-state index in [0.717, 1.165) is 17.1 Å². The summed E-state index contributed by atoms with van der Waals surface area (Å²) in [7, 11) is 1.72. The number of aryl methyl sites for hydroxylation is 2. The molecular weight excluding hydrogens is 280 g/mol. The van der Waals surface area contributed by atoms with E-state index in [1.807, 2.05) is 42.7 Å². The Morgan fingerprint density at radius 1 is 1.18 bits per heavy atom. The van der Waals surface area contributed by atoms with E-state index in [1.165, 1.54) is 4.68 Å². The summed E-state index contributed by atoms with van der Waals surface area (Å²) < 4.78 is 3.49. The van der Waals surface area contributed by atoms with E-state index in [0.29, 0.717) is 5.69 Å². The normalized spacial score (nSPS) is 10.7. The second-order valence-corrected chi connectivity index (χ2v) is 5.06. The summed E-state index contributed by atoms with van der Waals surface area (Å²) in [5.74, 6) is -0.282. The van der Waals surface area contributed by atoms with E-state index >= 15 is 0 Å². The molecule has 2 heterocycles. The van der Waals surface area contributed by atoms with E-state index in [4.69, 9.17) is 0 Å². The summed E-state index contributed by atoms with van der Waals surface area (Å²) in [6.07, 6.45) is 3.36. The number of nitrogens with zero attached hydrogens (tertiary/aromatic N) is 5. The second kappa shape index (κ2) is 5.44. The third-order valence-electron chi connectivity index (χ3n) is 3.49. The van der Waals surface area contributed by atoms with Crippen LogP contribution in [-0.2, 0) is 7.05 Å². The monoisotopic (exact) mass is 296 g/mol. The maximum Gasteiger partial charge on any atom is 0.277 e. The van der Waals surface area contributed by atoms with Gasteiger partial charge in [0, 0.05) is 24.1 Å². The Morgan fingerprint density at radius 2 is 1.91 bits per heavy atom. The first kappa shape index (κ1) is 14.0. The van der Waals surface area contributed by atoms with Gasteiger partial charge >= 0.3 is 0 Å². The Morgan fingerprint density at radius 3 is 2.45 bits per heavy atom. The highest BCUT2D eigenvalue weighted by atomic mass is 16.2. The molecule has 0 spiro atoms. The number of hydrogen-bond acceptors (Lipinski definition) is 4. The van der Waals surface area contributed by atoms with Crippen molar-refractivity contribution in [2.75, 3.05) is 5.32 Å². The van der Waals surface area contributed by atoms with Crippen LogP contribution in [0.3, 0.4) is 0 Å². The van der Waals surface area contributed by atoms with Crippen LogP contribution in [-0.4, -0.2) is 30.5 Å². The van der Waals surface area contributed by atoms with Gasteiger partial charge in [-0.2, -0.15) is 0 Å². The van der Waals surface area contributed by atoms with Crippen molar-refractivity contribution in [3.8, 4) is 5.69 Å². The lowest BCUT2D eigenvalue weighted by Crippen LogP contribution is -2.12. The molecule has 0 saturated heterocycles. The zero-order valence-electron chi connectivity index (χ0n) is 12.6. The molecule has 7 heteroatoms. The van der Waals surface area contributed by atoms with E-state index in [9.17, 15) is 4.79 Å². The number of nitrogens with one attached hydrogen (secondary N) is 1. The molecule has 0 aliphatic carbocycles. The fourth-order valence-corrected chi connectivity index (χ4v) is 2.11. The Balaban J connectivity index is 1.77. The van der Waals surface area contributed by atoms with Gasteiger partial charge in [-0.25, -0.2) is 4.98 Å². The molecule has 0 aliphatic heterocycles. The van der Waals surface area contributed by atoms with Gasteiger partial charge in [-0.1, -0.05) is 5.21 Å². The van der Waals surface area contributed by atoms with E-state index in [-0.39, 0.29) is 11.6 Å². The molecule has 7 nitrogen and oxygen atoms in total. The van der Waals surface area contributed by atoms with Gasteiger partial charge in [0.2, 0.25) is 0 Å². The Labute approximate surface area is 127 Å². The van der Waals surface area contributed by atoms with Crippen molar-refractivity contribution in [1.82, 2.24) is 24.5 Å². The number of rotatable bonds is 3. The van der Waals surface area contributed by atoms with Crippen molar-refractivity contribution < 1.29 is 4.79 Å². The Bertz CT molecular complexity index is 815. The van der Waals surface area contributed by atoms with Crippen LogP contribution in [0.5, 0.6) is 0 Å². The minimum atomic E-state index is -0.282. The van der Waals surface area contributed by atoms with Gasteiger partial charge in [-0.05, 0) is 38.1 Å². The predicted octanol–water partition coefficient (Wildman–Crippen LogP) is 1.87. The Kier molecular flexibility index (Phi) is 3.46. The highest BCUT2D eigenvalue weighted by Crippen LogP contribution is 2.17. The molecule has 0 radical (unpaired) electrons. The summed E-state index contributed by atoms with van der Waals surface area (Å²) in [5.41, 5.74) is 4.08. The lowest BCUT2D eigenvalue weighted by molar-refractivity contribution is 0.102. The summed E-state index contributed by atoms with van der Waals surface area (Å²) in [5, 5.41) is 10.3. The van der Waals surface area contributed by atoms with Crippen LogP contribution in [0.2, 0.25) is 0 Å². The van der Waals surface area contributed by atoms with Gasteiger partial charge in [0.05, 0.1) is 18.2 Å². The van der Waals surface area contributed by atoms with Crippen LogP contribution < -0.4 is 5.32 Å². The smallest absolute Gasteiger partial charge is 0.277 e. The largest absolute Gasteiger partial charge is 0.321 e. The lowest BCUT2D eigenvalue weighted by Gasteiger charge is -2.07. The molecule has 112 valence electrons. The third kappa shape index (κ3) is 2.60. The standard InChI is InChI=1S/C15H16N6O/c1-10-11(2)21(9-16-10)13-6-4-12(5-7-13)17-15(22)14-8-20(3)19-18-14/h4-9H,1-3H3,(H,17,22). The van der Waals surface area contributed by atoms with Gasteiger partial charge < -0.3 is 9.88 Å². The van der Waals surface area contributed by atoms with Crippen molar-refractivity contribution in [3.63, 3.8) is 0 Å². The van der Waals surface area contributed by atoms with Crippen molar-refractivity contribution in [1.29, 1.82) is 0 Å². The highest BCUT2D eigenvalue weighted by molar-refractivity contribution is 6.02. The predicted molar refractivity (Wildman–Crippen MR) is 82.0 cm³/mol. The van der Waals surface area contributed by atoms with Crippen molar-refractivity contribution in [2.24, 2.45) is 7.05 Å². The molecule has 0 bridgehead atoms. The first-order chi connectivity index (χ1) is 10.5. The number of imidazole rings is 1. The van der Waals surface area contributed by atoms with Crippen LogP contribution in [0.1, 0.15) is 21.9 Å². The molecule has 0 unspecified atom stereocenters. The maximum atomic E-state index is 12.0. The first-order valence-electron chi connectivity index (χ1n) is 6.83. The SMILES string of the molecule is Cc1ncn(-c2ccc(NC(=O)c3cn(C)nn3)cc2)c1C. The number of hydrogen-bond donors (Lipinski definition) is 1. The van der Waals surface area contributed by atoms with Gasteiger partial charge in [0.15, 0.2) is 5.69 Å². The maximum absolute atomic E-state index is 12.0. The average molecular weight is 296 g/mol. The van der Waals surface area contributed by atoms with Crippen LogP contribution >= 0.6 is 0 Å². The molecule has 0 fully saturated rings. The van der Waals surface area contributed by atoms with Gasteiger partial charge in [0.25, 0.3) is 5.91 Å². The zero-order chi connectivity index (χ0) is 15.7. The van der Waals surface area contributed by atoms with E-state index < -0.39 is 0 Å². The molecular formula is C15H16N6O. The van der Waals surface area contributed by atoms with E-state index in [2.05, 4.69) is 20.6 Å². The molecule has 1 aromatic carbocycles. The lowest BCUT2D eigenvalue weighted by atomic mass is 10.2. The van der Waals surface area contributed by atoms with Crippen LogP contribution in [0.4, 0.5) is 5.69 Å². The molecule has 22 heavy (non-hydrogen) atoms. The molecule has 2 aromatic heterocycles. The molecule has 3 aromatic rings. The number of amides is 1. The molecule has 0 atom stereocenters. The summed E-state index contributed by atoms with van der Waals surface area (Å²) >= 11 is 0. The fraction of sp³-hybridized carbons (Fsp3) is 0.200. The van der Waals surface area contributed by atoms with Gasteiger partial charge in [-0.3, -0.25) is 9.48 Å². The van der Waals surface area contributed by atoms with Gasteiger partial charge in [0.1, 0.15) is 0 Å². The van der Waals surface area contributed by atoms with Gasteiger partial charge in [-0.15, -0.1) is 5.10 Å². The van der Waals surface area contributed by atoms with E-state index in [1.54, 1.807) is 19.6 Å². The minimum Gasteiger partial charge on any atom is -0.321 e. The van der Waals surface area contributed by atoms with Crippen LogP contribution in [0.25, 0.3) is 5.69 Å². The molecule has 0 saturated carbocycles. The fourth-order valence-electron chi connectivity index (χ4n) is 2.11. The van der Waals surface area contributed by atoms with Crippen molar-refractivity contribution >= 4 is 11.6 Å². The number of aromatic nitrogens is 5. The minimum absolute atomic E-state index is 0.282. The molecule has 0 aliphatic rings. The number of anilines is 1. The number of carbonyl (C=O) groups excluding carboxylic acids is 1. The summed E-state index contributed by atoms with van der Waals surface area (Å²) in [6, 6.07) is 7.55. The summed E-state index contributed by atoms with van der Waals surface area (Å²) in [4.78, 5) is 16.3. The molecule has 1 N–H and O–H groups in total. The van der Waals surface area contributed by atoms with Crippen LogP contribution in [0.15, 0.2) is 36.8 Å². The van der Waals surface area contributed by atoms with Crippen LogP contribution in [0, 0.1) is 13.8 Å². The summed E-state index contributed by atoms with van der Waals surface area (Å²) in [6.45, 7) is 3.99. The topological polar surface area (TPSA) is 77.6 Å². The average Bonchev–Trinajstić information content (AvgIpc) is 3.08. The molecule has 1 amide bonds. The second-order valence-electron chi connectivity index (χ2n) is 5.06. The molecule has 3 rings (SSSR count).